The van der Waals surface area contributed by atoms with Crippen molar-refractivity contribution in [3.8, 4) is 5.75 Å². The molecule has 1 aliphatic heterocycles. The molecule has 166 valence electrons. The molecule has 3 aromatic rings. The molecule has 0 spiro atoms. The predicted octanol–water partition coefficient (Wildman–Crippen LogP) is 3.05. The second kappa shape index (κ2) is 9.59. The number of hydrogen-bond donors (Lipinski definition) is 1. The zero-order valence-electron chi connectivity index (χ0n) is 17.6. The van der Waals surface area contributed by atoms with Crippen molar-refractivity contribution in [2.24, 2.45) is 0 Å². The quantitative estimate of drug-likeness (QED) is 0.581. The van der Waals surface area contributed by atoms with Crippen LogP contribution >= 0.6 is 0 Å². The molecule has 1 aromatic heterocycles. The molecule has 0 bridgehead atoms. The van der Waals surface area contributed by atoms with Gasteiger partial charge in [0.05, 0.1) is 18.7 Å². The highest BCUT2D eigenvalue weighted by atomic mass is 19.1. The standard InChI is InChI=1S/C23H23FN4O4/c1-2-31-19-6-4-3-5-18(19)23(30)25-12-20-26-22(27-32-20)16-11-21(29)28(14-16)13-15-7-9-17(24)10-8-15/h3-10,16H,2,11-14H2,1H3,(H,25,30)/t16-/m0/s1. The summed E-state index contributed by atoms with van der Waals surface area (Å²) in [6, 6.07) is 13.0. The maximum Gasteiger partial charge on any atom is 0.255 e. The Balaban J connectivity index is 1.34. The maximum absolute atomic E-state index is 13.1. The Labute approximate surface area is 184 Å². The van der Waals surface area contributed by atoms with Gasteiger partial charge in [0, 0.05) is 25.4 Å². The van der Waals surface area contributed by atoms with E-state index in [1.165, 1.54) is 12.1 Å². The molecule has 32 heavy (non-hydrogen) atoms. The summed E-state index contributed by atoms with van der Waals surface area (Å²) >= 11 is 0. The topological polar surface area (TPSA) is 97.6 Å². The fourth-order valence-electron chi connectivity index (χ4n) is 3.60. The van der Waals surface area contributed by atoms with Crippen LogP contribution in [0.3, 0.4) is 0 Å². The lowest BCUT2D eigenvalue weighted by molar-refractivity contribution is -0.128. The van der Waals surface area contributed by atoms with Gasteiger partial charge in [0.15, 0.2) is 5.82 Å². The van der Waals surface area contributed by atoms with Crippen molar-refractivity contribution in [1.29, 1.82) is 0 Å². The van der Waals surface area contributed by atoms with E-state index < -0.39 is 0 Å². The molecule has 1 fully saturated rings. The van der Waals surface area contributed by atoms with Gasteiger partial charge in [-0.2, -0.15) is 4.98 Å². The van der Waals surface area contributed by atoms with E-state index in [0.717, 1.165) is 5.56 Å². The van der Waals surface area contributed by atoms with Gasteiger partial charge in [0.1, 0.15) is 11.6 Å². The molecule has 0 saturated carbocycles. The fraction of sp³-hybridized carbons (Fsp3) is 0.304. The number of aromatic nitrogens is 2. The summed E-state index contributed by atoms with van der Waals surface area (Å²) in [6.45, 7) is 3.21. The number of ether oxygens (including phenoxy) is 1. The first-order valence-corrected chi connectivity index (χ1v) is 10.4. The summed E-state index contributed by atoms with van der Waals surface area (Å²) < 4.78 is 23.8. The van der Waals surface area contributed by atoms with Crippen LogP contribution in [0.15, 0.2) is 53.1 Å². The van der Waals surface area contributed by atoms with Crippen LogP contribution in [0.4, 0.5) is 4.39 Å². The van der Waals surface area contributed by atoms with Crippen molar-refractivity contribution in [2.45, 2.75) is 32.4 Å². The lowest BCUT2D eigenvalue weighted by atomic mass is 10.1. The van der Waals surface area contributed by atoms with Gasteiger partial charge in [-0.1, -0.05) is 29.4 Å². The molecule has 0 radical (unpaired) electrons. The Morgan fingerprint density at radius 3 is 2.81 bits per heavy atom. The van der Waals surface area contributed by atoms with Gasteiger partial charge >= 0.3 is 0 Å². The van der Waals surface area contributed by atoms with Gasteiger partial charge in [0.2, 0.25) is 11.8 Å². The number of nitrogens with one attached hydrogen (secondary N) is 1. The first-order valence-electron chi connectivity index (χ1n) is 10.4. The third-order valence-corrected chi connectivity index (χ3v) is 5.18. The average Bonchev–Trinajstić information content (AvgIpc) is 3.41. The van der Waals surface area contributed by atoms with E-state index in [-0.39, 0.29) is 42.4 Å². The number of halogens is 1. The molecule has 1 atom stereocenters. The van der Waals surface area contributed by atoms with Crippen LogP contribution in [0.5, 0.6) is 5.75 Å². The number of para-hydroxylation sites is 1. The van der Waals surface area contributed by atoms with Crippen molar-refractivity contribution in [3.05, 3.63) is 77.2 Å². The second-order valence-corrected chi connectivity index (χ2v) is 7.46. The van der Waals surface area contributed by atoms with Crippen molar-refractivity contribution < 1.29 is 23.2 Å². The number of likely N-dealkylation sites (tertiary alicyclic amines) is 1. The van der Waals surface area contributed by atoms with Crippen LogP contribution in [-0.4, -0.2) is 40.0 Å². The zero-order valence-corrected chi connectivity index (χ0v) is 17.6. The summed E-state index contributed by atoms with van der Waals surface area (Å²) in [7, 11) is 0. The molecule has 2 aromatic carbocycles. The smallest absolute Gasteiger partial charge is 0.255 e. The minimum atomic E-state index is -0.313. The fourth-order valence-corrected chi connectivity index (χ4v) is 3.60. The minimum absolute atomic E-state index is 0.0218. The highest BCUT2D eigenvalue weighted by molar-refractivity contribution is 5.96. The SMILES string of the molecule is CCOc1ccccc1C(=O)NCc1nc([C@H]2CC(=O)N(Cc3ccc(F)cc3)C2)no1. The van der Waals surface area contributed by atoms with Gasteiger partial charge in [-0.25, -0.2) is 4.39 Å². The summed E-state index contributed by atoms with van der Waals surface area (Å²) in [5.74, 6) is 0.346. The molecule has 4 rings (SSSR count). The van der Waals surface area contributed by atoms with E-state index in [4.69, 9.17) is 9.26 Å². The van der Waals surface area contributed by atoms with Crippen LogP contribution < -0.4 is 10.1 Å². The second-order valence-electron chi connectivity index (χ2n) is 7.46. The van der Waals surface area contributed by atoms with E-state index >= 15 is 0 Å². The highest BCUT2D eigenvalue weighted by Crippen LogP contribution is 2.27. The molecule has 1 saturated heterocycles. The van der Waals surface area contributed by atoms with Gasteiger partial charge < -0.3 is 19.5 Å². The van der Waals surface area contributed by atoms with Gasteiger partial charge in [-0.3, -0.25) is 9.59 Å². The van der Waals surface area contributed by atoms with Gasteiger partial charge in [-0.05, 0) is 36.8 Å². The Morgan fingerprint density at radius 2 is 2.03 bits per heavy atom. The van der Waals surface area contributed by atoms with Crippen LogP contribution in [0, 0.1) is 5.82 Å². The number of carbonyl (C=O) groups is 2. The molecule has 1 aliphatic rings. The van der Waals surface area contributed by atoms with Crippen molar-refractivity contribution >= 4 is 11.8 Å². The minimum Gasteiger partial charge on any atom is -0.493 e. The van der Waals surface area contributed by atoms with Gasteiger partial charge in [0.25, 0.3) is 5.91 Å². The Hall–Kier alpha value is -3.75. The number of nitrogens with zero attached hydrogens (tertiary/aromatic N) is 3. The van der Waals surface area contributed by atoms with Crippen LogP contribution in [0.1, 0.15) is 46.9 Å². The number of carbonyl (C=O) groups excluding carboxylic acids is 2. The average molecular weight is 438 g/mol. The number of rotatable bonds is 8. The summed E-state index contributed by atoms with van der Waals surface area (Å²) in [5.41, 5.74) is 1.27. The number of hydrogen-bond acceptors (Lipinski definition) is 6. The Kier molecular flexibility index (Phi) is 6.44. The summed E-state index contributed by atoms with van der Waals surface area (Å²) in [4.78, 5) is 30.9. The lowest BCUT2D eigenvalue weighted by Gasteiger charge is -2.16. The maximum atomic E-state index is 13.1. The molecular formula is C23H23FN4O4. The Morgan fingerprint density at radius 1 is 1.25 bits per heavy atom. The normalized spacial score (nSPS) is 15.8. The molecule has 9 heteroatoms. The van der Waals surface area contributed by atoms with Gasteiger partial charge in [-0.15, -0.1) is 0 Å². The number of benzene rings is 2. The molecule has 0 unspecified atom stereocenters. The molecular weight excluding hydrogens is 415 g/mol. The van der Waals surface area contributed by atoms with Crippen LogP contribution in [0.2, 0.25) is 0 Å². The molecule has 1 N–H and O–H groups in total. The Bertz CT molecular complexity index is 1100. The van der Waals surface area contributed by atoms with Crippen LogP contribution in [0.25, 0.3) is 0 Å². The molecule has 2 heterocycles. The zero-order chi connectivity index (χ0) is 22.5. The first-order chi connectivity index (χ1) is 15.5. The first kappa shape index (κ1) is 21.5. The van der Waals surface area contributed by atoms with Crippen LogP contribution in [-0.2, 0) is 17.9 Å². The monoisotopic (exact) mass is 438 g/mol. The molecule has 8 nitrogen and oxygen atoms in total. The van der Waals surface area contributed by atoms with Crippen molar-refractivity contribution in [1.82, 2.24) is 20.4 Å². The largest absolute Gasteiger partial charge is 0.493 e. The van der Waals surface area contributed by atoms with Crippen molar-refractivity contribution in [3.63, 3.8) is 0 Å². The number of amides is 2. The van der Waals surface area contributed by atoms with E-state index in [2.05, 4.69) is 15.5 Å². The predicted molar refractivity (Wildman–Crippen MR) is 112 cm³/mol. The molecule has 0 aliphatic carbocycles. The van der Waals surface area contributed by atoms with E-state index in [1.54, 1.807) is 41.3 Å². The summed E-state index contributed by atoms with van der Waals surface area (Å²) in [5, 5.41) is 6.74. The lowest BCUT2D eigenvalue weighted by Crippen LogP contribution is -2.24. The van der Waals surface area contributed by atoms with E-state index in [1.807, 2.05) is 6.92 Å². The summed E-state index contributed by atoms with van der Waals surface area (Å²) in [6.07, 6.45) is 0.272. The van der Waals surface area contributed by atoms with Crippen molar-refractivity contribution in [2.75, 3.05) is 13.2 Å². The highest BCUT2D eigenvalue weighted by Gasteiger charge is 2.33. The third kappa shape index (κ3) is 4.93. The van der Waals surface area contributed by atoms with E-state index in [0.29, 0.717) is 36.8 Å². The van der Waals surface area contributed by atoms with E-state index in [9.17, 15) is 14.0 Å². The third-order valence-electron chi connectivity index (χ3n) is 5.18. The molecule has 2 amide bonds.